The van der Waals surface area contributed by atoms with Crippen molar-refractivity contribution < 1.29 is 8.78 Å². The molecule has 1 rings (SSSR count). The van der Waals surface area contributed by atoms with Gasteiger partial charge in [0.25, 0.3) is 5.92 Å². The highest BCUT2D eigenvalue weighted by Gasteiger charge is 2.32. The monoisotopic (exact) mass is 223 g/mol. The summed E-state index contributed by atoms with van der Waals surface area (Å²) in [6, 6.07) is 4.93. The fourth-order valence-electron chi connectivity index (χ4n) is 1.70. The van der Waals surface area contributed by atoms with Crippen LogP contribution in [-0.2, 0) is 5.92 Å². The van der Waals surface area contributed by atoms with Crippen LogP contribution in [0.2, 0.25) is 0 Å². The summed E-state index contributed by atoms with van der Waals surface area (Å²) >= 11 is 0. The number of alkyl halides is 2. The van der Waals surface area contributed by atoms with E-state index in [1.54, 1.807) is 19.1 Å². The van der Waals surface area contributed by atoms with Crippen molar-refractivity contribution in [1.29, 1.82) is 5.26 Å². The number of nitriles is 1. The van der Waals surface area contributed by atoms with Gasteiger partial charge >= 0.3 is 0 Å². The molecule has 0 radical (unpaired) electrons. The molecule has 1 aromatic rings. The van der Waals surface area contributed by atoms with Crippen molar-refractivity contribution in [2.24, 2.45) is 0 Å². The van der Waals surface area contributed by atoms with Crippen molar-refractivity contribution in [2.45, 2.75) is 39.5 Å². The number of nitrogens with zero attached hydrogens (tertiary/aromatic N) is 1. The zero-order valence-electron chi connectivity index (χ0n) is 9.77. The molecular weight excluding hydrogens is 208 g/mol. The second kappa shape index (κ2) is 4.61. The van der Waals surface area contributed by atoms with Crippen LogP contribution in [0.15, 0.2) is 12.1 Å². The summed E-state index contributed by atoms with van der Waals surface area (Å²) in [6.45, 7) is 5.45. The third kappa shape index (κ3) is 2.38. The highest BCUT2D eigenvalue weighted by molar-refractivity contribution is 5.40. The van der Waals surface area contributed by atoms with Crippen LogP contribution in [0.4, 0.5) is 8.78 Å². The molecule has 0 unspecified atom stereocenters. The van der Waals surface area contributed by atoms with Gasteiger partial charge in [0.05, 0.1) is 6.07 Å². The van der Waals surface area contributed by atoms with Crippen LogP contribution in [0.25, 0.3) is 0 Å². The van der Waals surface area contributed by atoms with Crippen LogP contribution in [0.3, 0.4) is 0 Å². The molecule has 0 bridgehead atoms. The molecule has 0 amide bonds. The highest BCUT2D eigenvalue weighted by atomic mass is 19.3. The normalized spacial score (nSPS) is 11.2. The van der Waals surface area contributed by atoms with Crippen molar-refractivity contribution in [2.75, 3.05) is 0 Å². The van der Waals surface area contributed by atoms with Crippen molar-refractivity contribution in [3.05, 3.63) is 34.4 Å². The maximum Gasteiger partial charge on any atom is 0.274 e. The summed E-state index contributed by atoms with van der Waals surface area (Å²) in [5.41, 5.74) is 2.58. The van der Waals surface area contributed by atoms with Gasteiger partial charge in [-0.15, -0.1) is 0 Å². The smallest absolute Gasteiger partial charge is 0.201 e. The molecule has 3 heteroatoms. The highest BCUT2D eigenvalue weighted by Crippen LogP contribution is 2.36. The number of hydrogen-bond acceptors (Lipinski definition) is 1. The fourth-order valence-corrected chi connectivity index (χ4v) is 1.70. The molecule has 0 saturated heterocycles. The Kier molecular flexibility index (Phi) is 3.64. The molecule has 0 N–H and O–H groups in total. The number of hydrogen-bond donors (Lipinski definition) is 0. The van der Waals surface area contributed by atoms with E-state index in [4.69, 9.17) is 5.26 Å². The maximum absolute atomic E-state index is 13.8. The lowest BCUT2D eigenvalue weighted by Crippen LogP contribution is -2.15. The van der Waals surface area contributed by atoms with Gasteiger partial charge in [0, 0.05) is 18.4 Å². The van der Waals surface area contributed by atoms with Crippen molar-refractivity contribution in [3.8, 4) is 6.07 Å². The molecule has 0 aliphatic carbocycles. The average Bonchev–Trinajstić information content (AvgIpc) is 2.23. The van der Waals surface area contributed by atoms with E-state index in [2.05, 4.69) is 0 Å². The third-order valence-electron chi connectivity index (χ3n) is 3.00. The van der Waals surface area contributed by atoms with Crippen LogP contribution >= 0.6 is 0 Å². The molecule has 0 aliphatic rings. The van der Waals surface area contributed by atoms with Gasteiger partial charge in [-0.25, -0.2) is 8.78 Å². The van der Waals surface area contributed by atoms with E-state index in [9.17, 15) is 8.78 Å². The summed E-state index contributed by atoms with van der Waals surface area (Å²) in [5.74, 6) is -2.90. The third-order valence-corrected chi connectivity index (χ3v) is 3.00. The van der Waals surface area contributed by atoms with Gasteiger partial charge in [-0.05, 0) is 37.5 Å². The number of aryl methyl sites for hydroxylation is 1. The Morgan fingerprint density at radius 2 is 1.81 bits per heavy atom. The van der Waals surface area contributed by atoms with Gasteiger partial charge < -0.3 is 0 Å². The first kappa shape index (κ1) is 12.6. The molecule has 0 aromatic heterocycles. The first-order chi connectivity index (χ1) is 7.40. The minimum absolute atomic E-state index is 0.0471. The molecule has 16 heavy (non-hydrogen) atoms. The lowest BCUT2D eigenvalue weighted by Gasteiger charge is -2.19. The van der Waals surface area contributed by atoms with E-state index >= 15 is 0 Å². The standard InChI is InChI=1S/C13H15F2N/c1-9-5-6-12(11(3)10(9)2)13(14,15)7-4-8-16/h5-6H,4,7H2,1-3H3. The van der Waals surface area contributed by atoms with Crippen molar-refractivity contribution in [1.82, 2.24) is 0 Å². The van der Waals surface area contributed by atoms with Gasteiger partial charge in [0.2, 0.25) is 0 Å². The lowest BCUT2D eigenvalue weighted by atomic mass is 9.93. The van der Waals surface area contributed by atoms with E-state index in [1.807, 2.05) is 13.8 Å². The molecule has 1 aromatic carbocycles. The summed E-state index contributed by atoms with van der Waals surface area (Å²) in [6.07, 6.45) is -0.536. The van der Waals surface area contributed by atoms with Crippen LogP contribution < -0.4 is 0 Å². The number of benzene rings is 1. The SMILES string of the molecule is Cc1ccc(C(F)(F)CCC#N)c(C)c1C. The Morgan fingerprint density at radius 3 is 2.38 bits per heavy atom. The molecule has 0 heterocycles. The molecule has 0 fully saturated rings. The second-order valence-corrected chi connectivity index (χ2v) is 4.04. The first-order valence-corrected chi connectivity index (χ1v) is 5.22. The van der Waals surface area contributed by atoms with Crippen LogP contribution in [0, 0.1) is 32.1 Å². The van der Waals surface area contributed by atoms with E-state index in [-0.39, 0.29) is 12.0 Å². The Labute approximate surface area is 94.7 Å². The maximum atomic E-state index is 13.8. The molecule has 0 spiro atoms. The van der Waals surface area contributed by atoms with Crippen LogP contribution in [0.5, 0.6) is 0 Å². The Morgan fingerprint density at radius 1 is 1.19 bits per heavy atom. The number of rotatable bonds is 3. The first-order valence-electron chi connectivity index (χ1n) is 5.22. The Bertz CT molecular complexity index is 430. The average molecular weight is 223 g/mol. The van der Waals surface area contributed by atoms with E-state index < -0.39 is 12.3 Å². The summed E-state index contributed by atoms with van der Waals surface area (Å²) in [7, 11) is 0. The largest absolute Gasteiger partial charge is 0.274 e. The second-order valence-electron chi connectivity index (χ2n) is 4.04. The topological polar surface area (TPSA) is 23.8 Å². The van der Waals surface area contributed by atoms with E-state index in [0.717, 1.165) is 11.1 Å². The minimum atomic E-state index is -2.90. The van der Waals surface area contributed by atoms with Crippen molar-refractivity contribution >= 4 is 0 Å². The summed E-state index contributed by atoms with van der Waals surface area (Å²) < 4.78 is 27.5. The van der Waals surface area contributed by atoms with Crippen molar-refractivity contribution in [3.63, 3.8) is 0 Å². The predicted octanol–water partition coefficient (Wildman–Crippen LogP) is 4.01. The Balaban J connectivity index is 3.14. The lowest BCUT2D eigenvalue weighted by molar-refractivity contribution is -0.0126. The zero-order chi connectivity index (χ0) is 12.3. The van der Waals surface area contributed by atoms with Gasteiger partial charge in [0.15, 0.2) is 0 Å². The summed E-state index contributed by atoms with van der Waals surface area (Å²) in [4.78, 5) is 0. The zero-order valence-corrected chi connectivity index (χ0v) is 9.77. The molecule has 86 valence electrons. The minimum Gasteiger partial charge on any atom is -0.201 e. The predicted molar refractivity (Wildman–Crippen MR) is 59.4 cm³/mol. The molecule has 0 atom stereocenters. The molecule has 1 nitrogen and oxygen atoms in total. The van der Waals surface area contributed by atoms with Gasteiger partial charge in [0.1, 0.15) is 0 Å². The van der Waals surface area contributed by atoms with Crippen LogP contribution in [0.1, 0.15) is 35.1 Å². The van der Waals surface area contributed by atoms with Crippen LogP contribution in [-0.4, -0.2) is 0 Å². The Hall–Kier alpha value is -1.43. The van der Waals surface area contributed by atoms with Gasteiger partial charge in [-0.1, -0.05) is 12.1 Å². The summed E-state index contributed by atoms with van der Waals surface area (Å²) in [5, 5.41) is 8.36. The molecule has 0 aliphatic heterocycles. The van der Waals surface area contributed by atoms with Gasteiger partial charge in [-0.2, -0.15) is 5.26 Å². The number of halogens is 2. The molecular formula is C13H15F2N. The fraction of sp³-hybridized carbons (Fsp3) is 0.462. The quantitative estimate of drug-likeness (QED) is 0.759. The van der Waals surface area contributed by atoms with Gasteiger partial charge in [-0.3, -0.25) is 0 Å². The van der Waals surface area contributed by atoms with E-state index in [0.29, 0.717) is 5.56 Å². The van der Waals surface area contributed by atoms with E-state index in [1.165, 1.54) is 6.07 Å². The molecule has 0 saturated carbocycles.